The van der Waals surface area contributed by atoms with Gasteiger partial charge in [-0.05, 0) is 54.4 Å². The van der Waals surface area contributed by atoms with Gasteiger partial charge in [0.05, 0.1) is 18.4 Å². The number of aromatic nitrogens is 4. The fourth-order valence-electron chi connectivity index (χ4n) is 2.89. The summed E-state index contributed by atoms with van der Waals surface area (Å²) in [5.41, 5.74) is 2.60. The first kappa shape index (κ1) is 20.6. The predicted octanol–water partition coefficient (Wildman–Crippen LogP) is 4.52. The van der Waals surface area contributed by atoms with Crippen molar-refractivity contribution in [2.45, 2.75) is 20.2 Å². The van der Waals surface area contributed by atoms with Crippen LogP contribution in [-0.2, 0) is 13.3 Å². The van der Waals surface area contributed by atoms with Crippen LogP contribution in [0.15, 0.2) is 67.1 Å². The molecule has 0 unspecified atom stereocenters. The summed E-state index contributed by atoms with van der Waals surface area (Å²) in [6, 6.07) is 13.2. The average molecular weight is 440 g/mol. The zero-order valence-corrected chi connectivity index (χ0v) is 17.4. The fourth-order valence-corrected chi connectivity index (χ4v) is 3.01. The van der Waals surface area contributed by atoms with E-state index in [1.165, 1.54) is 16.8 Å². The molecule has 2 aromatic carbocycles. The monoisotopic (exact) mass is 439 g/mol. The first-order valence-electron chi connectivity index (χ1n) is 9.47. The van der Waals surface area contributed by atoms with E-state index in [0.29, 0.717) is 23.0 Å². The summed E-state index contributed by atoms with van der Waals surface area (Å²) in [6.07, 6.45) is 4.91. The van der Waals surface area contributed by atoms with E-state index in [2.05, 4.69) is 15.5 Å². The summed E-state index contributed by atoms with van der Waals surface area (Å²) in [4.78, 5) is 12.5. The Kier molecular flexibility index (Phi) is 5.99. The standard InChI is InChI=1S/C22H19ClFN5O2/c1-15-10-19(6-7-20(15)23)31-14-28-9-8-21(27-28)22(30)26-18-11-25-29(13-18)12-16-2-4-17(24)5-3-16/h2-11,13H,12,14H2,1H3,(H,26,30). The van der Waals surface area contributed by atoms with Crippen LogP contribution >= 0.6 is 11.6 Å². The molecule has 0 bridgehead atoms. The van der Waals surface area contributed by atoms with E-state index >= 15 is 0 Å². The molecule has 158 valence electrons. The molecule has 2 heterocycles. The Labute approximate surface area is 183 Å². The third kappa shape index (κ3) is 5.29. The van der Waals surface area contributed by atoms with Crippen molar-refractivity contribution in [3.8, 4) is 5.75 Å². The topological polar surface area (TPSA) is 74.0 Å². The molecular weight excluding hydrogens is 421 g/mol. The maximum Gasteiger partial charge on any atom is 0.276 e. The molecule has 1 N–H and O–H groups in total. The summed E-state index contributed by atoms with van der Waals surface area (Å²) in [6.45, 7) is 2.52. The van der Waals surface area contributed by atoms with Crippen LogP contribution in [0.3, 0.4) is 0 Å². The maximum atomic E-state index is 13.0. The quantitative estimate of drug-likeness (QED) is 0.459. The molecule has 4 rings (SSSR count). The Morgan fingerprint density at radius 2 is 1.97 bits per heavy atom. The SMILES string of the molecule is Cc1cc(OCn2ccc(C(=O)Nc3cnn(Cc4ccc(F)cc4)c3)n2)ccc1Cl. The molecule has 2 aromatic heterocycles. The van der Waals surface area contributed by atoms with Crippen LogP contribution in [0.2, 0.25) is 5.02 Å². The Hall–Kier alpha value is -3.65. The smallest absolute Gasteiger partial charge is 0.276 e. The van der Waals surface area contributed by atoms with Crippen LogP contribution in [0, 0.1) is 12.7 Å². The van der Waals surface area contributed by atoms with Gasteiger partial charge in [0, 0.05) is 17.4 Å². The van der Waals surface area contributed by atoms with Crippen LogP contribution in [-0.4, -0.2) is 25.5 Å². The molecule has 7 nitrogen and oxygen atoms in total. The lowest BCUT2D eigenvalue weighted by Crippen LogP contribution is -2.14. The first-order valence-corrected chi connectivity index (χ1v) is 9.85. The molecule has 0 radical (unpaired) electrons. The number of hydrogen-bond donors (Lipinski definition) is 1. The summed E-state index contributed by atoms with van der Waals surface area (Å²) < 4.78 is 21.9. The highest BCUT2D eigenvalue weighted by Gasteiger charge is 2.11. The van der Waals surface area contributed by atoms with Crippen LogP contribution in [0.1, 0.15) is 21.6 Å². The number of amides is 1. The molecular formula is C22H19ClFN5O2. The number of anilines is 1. The zero-order valence-electron chi connectivity index (χ0n) is 16.6. The van der Waals surface area contributed by atoms with Gasteiger partial charge in [0.1, 0.15) is 11.6 Å². The van der Waals surface area contributed by atoms with E-state index in [1.54, 1.807) is 53.6 Å². The second-order valence-electron chi connectivity index (χ2n) is 6.93. The number of carbonyl (C=O) groups excluding carboxylic acids is 1. The summed E-state index contributed by atoms with van der Waals surface area (Å²) in [5.74, 6) is 0.0182. The van der Waals surface area contributed by atoms with Gasteiger partial charge in [-0.2, -0.15) is 10.2 Å². The highest BCUT2D eigenvalue weighted by Crippen LogP contribution is 2.21. The van der Waals surface area contributed by atoms with Crippen molar-refractivity contribution in [3.63, 3.8) is 0 Å². The summed E-state index contributed by atoms with van der Waals surface area (Å²) >= 11 is 6.01. The number of hydrogen-bond acceptors (Lipinski definition) is 4. The van der Waals surface area contributed by atoms with Gasteiger partial charge in [0.25, 0.3) is 5.91 Å². The van der Waals surface area contributed by atoms with Crippen molar-refractivity contribution in [2.24, 2.45) is 0 Å². The molecule has 0 spiro atoms. The van der Waals surface area contributed by atoms with Crippen molar-refractivity contribution in [1.29, 1.82) is 0 Å². The van der Waals surface area contributed by atoms with Gasteiger partial charge in [-0.15, -0.1) is 0 Å². The molecule has 0 atom stereocenters. The summed E-state index contributed by atoms with van der Waals surface area (Å²) in [7, 11) is 0. The highest BCUT2D eigenvalue weighted by atomic mass is 35.5. The van der Waals surface area contributed by atoms with E-state index in [-0.39, 0.29) is 24.1 Å². The van der Waals surface area contributed by atoms with Gasteiger partial charge >= 0.3 is 0 Å². The number of benzene rings is 2. The predicted molar refractivity (Wildman–Crippen MR) is 115 cm³/mol. The molecule has 0 saturated carbocycles. The van der Waals surface area contributed by atoms with E-state index in [4.69, 9.17) is 16.3 Å². The number of carbonyl (C=O) groups is 1. The normalized spacial score (nSPS) is 10.8. The third-order valence-electron chi connectivity index (χ3n) is 4.52. The van der Waals surface area contributed by atoms with Crippen molar-refractivity contribution < 1.29 is 13.9 Å². The largest absolute Gasteiger partial charge is 0.471 e. The van der Waals surface area contributed by atoms with E-state index in [1.807, 2.05) is 13.0 Å². The lowest BCUT2D eigenvalue weighted by atomic mass is 10.2. The minimum absolute atomic E-state index is 0.157. The second-order valence-corrected chi connectivity index (χ2v) is 7.34. The lowest BCUT2D eigenvalue weighted by Gasteiger charge is -2.07. The molecule has 31 heavy (non-hydrogen) atoms. The van der Waals surface area contributed by atoms with Crippen molar-refractivity contribution in [1.82, 2.24) is 19.6 Å². The van der Waals surface area contributed by atoms with E-state index < -0.39 is 0 Å². The minimum Gasteiger partial charge on any atom is -0.471 e. The van der Waals surface area contributed by atoms with Gasteiger partial charge in [0.2, 0.25) is 0 Å². The third-order valence-corrected chi connectivity index (χ3v) is 4.94. The highest BCUT2D eigenvalue weighted by molar-refractivity contribution is 6.31. The Morgan fingerprint density at radius 3 is 2.74 bits per heavy atom. The summed E-state index contributed by atoms with van der Waals surface area (Å²) in [5, 5.41) is 11.9. The Morgan fingerprint density at radius 1 is 1.16 bits per heavy atom. The lowest BCUT2D eigenvalue weighted by molar-refractivity contribution is 0.102. The van der Waals surface area contributed by atoms with E-state index in [9.17, 15) is 9.18 Å². The molecule has 0 aliphatic heterocycles. The number of rotatable bonds is 7. The van der Waals surface area contributed by atoms with Crippen LogP contribution in [0.25, 0.3) is 0 Å². The van der Waals surface area contributed by atoms with Crippen LogP contribution in [0.4, 0.5) is 10.1 Å². The van der Waals surface area contributed by atoms with Crippen LogP contribution in [0.5, 0.6) is 5.75 Å². The van der Waals surface area contributed by atoms with Crippen molar-refractivity contribution in [2.75, 3.05) is 5.32 Å². The van der Waals surface area contributed by atoms with Crippen molar-refractivity contribution >= 4 is 23.2 Å². The molecule has 0 saturated heterocycles. The first-order chi connectivity index (χ1) is 15.0. The molecule has 1 amide bonds. The molecule has 0 fully saturated rings. The number of ether oxygens (including phenoxy) is 1. The minimum atomic E-state index is -0.359. The number of aryl methyl sites for hydroxylation is 1. The van der Waals surface area contributed by atoms with Gasteiger partial charge in [-0.25, -0.2) is 9.07 Å². The number of halogens is 2. The number of nitrogens with one attached hydrogen (secondary N) is 1. The van der Waals surface area contributed by atoms with Crippen molar-refractivity contribution in [3.05, 3.63) is 94.8 Å². The maximum absolute atomic E-state index is 13.0. The second kappa shape index (κ2) is 9.01. The number of nitrogens with zero attached hydrogens (tertiary/aromatic N) is 4. The van der Waals surface area contributed by atoms with Gasteiger partial charge in [-0.3, -0.25) is 9.48 Å². The van der Waals surface area contributed by atoms with Crippen LogP contribution < -0.4 is 10.1 Å². The molecule has 0 aliphatic carbocycles. The molecule has 9 heteroatoms. The van der Waals surface area contributed by atoms with Gasteiger partial charge < -0.3 is 10.1 Å². The van der Waals surface area contributed by atoms with Gasteiger partial charge in [-0.1, -0.05) is 23.7 Å². The Bertz CT molecular complexity index is 1200. The van der Waals surface area contributed by atoms with E-state index in [0.717, 1.165) is 11.1 Å². The molecule has 4 aromatic rings. The molecule has 0 aliphatic rings. The average Bonchev–Trinajstić information content (AvgIpc) is 3.40. The zero-order chi connectivity index (χ0) is 21.8. The fraction of sp³-hybridized carbons (Fsp3) is 0.136. The van der Waals surface area contributed by atoms with Gasteiger partial charge in [0.15, 0.2) is 12.4 Å². The Balaban J connectivity index is 1.33.